The third-order valence-electron chi connectivity index (χ3n) is 9.33. The molecular formula is C32H37Cl2N3O2. The summed E-state index contributed by atoms with van der Waals surface area (Å²) in [6.45, 7) is 2.88. The minimum Gasteiger partial charge on any atom is -0.497 e. The molecule has 1 unspecified atom stereocenters. The van der Waals surface area contributed by atoms with E-state index in [0.717, 1.165) is 37.2 Å². The second-order valence-corrected chi connectivity index (χ2v) is 12.3. The lowest BCUT2D eigenvalue weighted by atomic mass is 9.84. The van der Waals surface area contributed by atoms with Crippen LogP contribution in [-0.4, -0.2) is 59.5 Å². The number of H-pyrrole nitrogens is 1. The number of amides is 1. The molecule has 0 radical (unpaired) electrons. The van der Waals surface area contributed by atoms with Crippen LogP contribution in [0.5, 0.6) is 5.75 Å². The van der Waals surface area contributed by atoms with Crippen LogP contribution in [0.2, 0.25) is 10.0 Å². The summed E-state index contributed by atoms with van der Waals surface area (Å²) in [6, 6.07) is 13.2. The zero-order chi connectivity index (χ0) is 26.9. The van der Waals surface area contributed by atoms with E-state index < -0.39 is 0 Å². The fourth-order valence-corrected chi connectivity index (χ4v) is 7.45. The summed E-state index contributed by atoms with van der Waals surface area (Å²) in [7, 11) is 1.74. The number of methoxy groups -OCH3 is 1. The quantitative estimate of drug-likeness (QED) is 0.301. The van der Waals surface area contributed by atoms with E-state index in [2.05, 4.69) is 28.2 Å². The topological polar surface area (TPSA) is 48.6 Å². The molecule has 3 fully saturated rings. The van der Waals surface area contributed by atoms with Crippen molar-refractivity contribution >= 4 is 46.1 Å². The van der Waals surface area contributed by atoms with Crippen LogP contribution in [0.4, 0.5) is 0 Å². The van der Waals surface area contributed by atoms with Gasteiger partial charge in [0, 0.05) is 48.3 Å². The third kappa shape index (κ3) is 5.73. The second-order valence-electron chi connectivity index (χ2n) is 11.5. The molecule has 3 aliphatic heterocycles. The summed E-state index contributed by atoms with van der Waals surface area (Å²) < 4.78 is 5.50. The number of nitrogens with one attached hydrogen (secondary N) is 1. The Bertz CT molecular complexity index is 1350. The van der Waals surface area contributed by atoms with Gasteiger partial charge in [-0.1, -0.05) is 29.3 Å². The summed E-state index contributed by atoms with van der Waals surface area (Å²) in [5.74, 6) is 2.32. The van der Waals surface area contributed by atoms with E-state index in [9.17, 15) is 4.79 Å². The Morgan fingerprint density at radius 2 is 1.79 bits per heavy atom. The number of aromatic nitrogens is 1. The number of carbonyl (C=O) groups excluding carboxylic acids is 1. The molecule has 3 saturated heterocycles. The predicted molar refractivity (Wildman–Crippen MR) is 160 cm³/mol. The first kappa shape index (κ1) is 26.7. The molecule has 1 aromatic heterocycles. The molecule has 2 bridgehead atoms. The number of carbonyl (C=O) groups is 1. The van der Waals surface area contributed by atoms with Gasteiger partial charge in [-0.25, -0.2) is 0 Å². The number of piperidine rings is 2. The number of rotatable bonds is 7. The first-order valence-corrected chi connectivity index (χ1v) is 15.1. The summed E-state index contributed by atoms with van der Waals surface area (Å²) in [5.41, 5.74) is 3.55. The fraction of sp³-hybridized carbons (Fsp3) is 0.469. The fourth-order valence-electron chi connectivity index (χ4n) is 7.14. The molecule has 6 rings (SSSR count). The van der Waals surface area contributed by atoms with Crippen LogP contribution in [0.3, 0.4) is 0 Å². The van der Waals surface area contributed by atoms with Crippen LogP contribution in [-0.2, 0) is 4.79 Å². The Kier molecular flexibility index (Phi) is 7.93. The molecule has 0 saturated carbocycles. The molecule has 3 atom stereocenters. The predicted octanol–water partition coefficient (Wildman–Crippen LogP) is 7.54. The van der Waals surface area contributed by atoms with Crippen molar-refractivity contribution < 1.29 is 9.53 Å². The van der Waals surface area contributed by atoms with Crippen molar-refractivity contribution in [3.63, 3.8) is 0 Å². The lowest BCUT2D eigenvalue weighted by Crippen LogP contribution is -2.44. The zero-order valence-corrected chi connectivity index (χ0v) is 24.1. The van der Waals surface area contributed by atoms with Crippen LogP contribution < -0.4 is 4.74 Å². The molecule has 3 aliphatic rings. The van der Waals surface area contributed by atoms with E-state index in [4.69, 9.17) is 27.9 Å². The van der Waals surface area contributed by atoms with Gasteiger partial charge in [-0.3, -0.25) is 9.69 Å². The van der Waals surface area contributed by atoms with Crippen molar-refractivity contribution in [2.75, 3.05) is 26.7 Å². The highest BCUT2D eigenvalue weighted by Crippen LogP contribution is 2.45. The molecule has 0 spiro atoms. The van der Waals surface area contributed by atoms with Gasteiger partial charge >= 0.3 is 0 Å². The van der Waals surface area contributed by atoms with Gasteiger partial charge in [-0.15, -0.1) is 0 Å². The molecule has 1 N–H and O–H groups in total. The molecule has 206 valence electrons. The normalized spacial score (nSPS) is 24.2. The largest absolute Gasteiger partial charge is 0.497 e. The molecule has 39 heavy (non-hydrogen) atoms. The standard InChI is InChI=1S/C32H37Cl2N3O2/c1-39-26-6-8-31-27(19-26)28(20-35-31)23-17-24-4-5-25(18-23)37(24)15-12-21-10-13-36(14-11-21)32(38)9-3-22-2-7-29(33)30(34)16-22/h2-3,6-9,16,19-21,23-25,35H,4-5,10-15,17-18H2,1H3/b9-3+/t23?,24-,25+. The highest BCUT2D eigenvalue weighted by molar-refractivity contribution is 6.42. The Morgan fingerprint density at radius 1 is 1.03 bits per heavy atom. The van der Waals surface area contributed by atoms with Crippen LogP contribution in [0, 0.1) is 5.92 Å². The molecule has 7 heteroatoms. The number of ether oxygens (including phenoxy) is 1. The number of aromatic amines is 1. The van der Waals surface area contributed by atoms with Crippen LogP contribution in [0.1, 0.15) is 62.0 Å². The van der Waals surface area contributed by atoms with Gasteiger partial charge in [-0.2, -0.15) is 0 Å². The van der Waals surface area contributed by atoms with Crippen LogP contribution >= 0.6 is 23.2 Å². The summed E-state index contributed by atoms with van der Waals surface area (Å²) in [5, 5.41) is 2.35. The van der Waals surface area contributed by atoms with E-state index in [1.54, 1.807) is 25.3 Å². The van der Waals surface area contributed by atoms with E-state index in [1.165, 1.54) is 55.1 Å². The van der Waals surface area contributed by atoms with Gasteiger partial charge < -0.3 is 14.6 Å². The summed E-state index contributed by atoms with van der Waals surface area (Å²) in [6.07, 6.45) is 14.3. The molecule has 3 aromatic rings. The molecule has 5 nitrogen and oxygen atoms in total. The van der Waals surface area contributed by atoms with E-state index in [1.807, 2.05) is 23.1 Å². The zero-order valence-electron chi connectivity index (χ0n) is 22.5. The second kappa shape index (κ2) is 11.6. The number of benzene rings is 2. The summed E-state index contributed by atoms with van der Waals surface area (Å²) in [4.78, 5) is 21.0. The van der Waals surface area contributed by atoms with Crippen molar-refractivity contribution in [2.24, 2.45) is 5.92 Å². The van der Waals surface area contributed by atoms with Crippen molar-refractivity contribution in [3.05, 3.63) is 69.8 Å². The minimum atomic E-state index is 0.0783. The van der Waals surface area contributed by atoms with Crippen molar-refractivity contribution in [1.29, 1.82) is 0 Å². The Labute approximate surface area is 241 Å². The first-order valence-electron chi connectivity index (χ1n) is 14.3. The highest BCUT2D eigenvalue weighted by atomic mass is 35.5. The van der Waals surface area contributed by atoms with Crippen LogP contribution in [0.15, 0.2) is 48.7 Å². The maximum atomic E-state index is 12.7. The van der Waals surface area contributed by atoms with Crippen molar-refractivity contribution in [1.82, 2.24) is 14.8 Å². The van der Waals surface area contributed by atoms with Gasteiger partial charge in [-0.05, 0) is 111 Å². The number of likely N-dealkylation sites (tertiary alicyclic amines) is 1. The first-order chi connectivity index (χ1) is 19.0. The lowest BCUT2D eigenvalue weighted by Gasteiger charge is -2.40. The average molecular weight is 567 g/mol. The summed E-state index contributed by atoms with van der Waals surface area (Å²) >= 11 is 12.1. The van der Waals surface area contributed by atoms with E-state index in [-0.39, 0.29) is 5.91 Å². The Hall–Kier alpha value is -2.47. The van der Waals surface area contributed by atoms with Gasteiger partial charge in [0.25, 0.3) is 0 Å². The molecule has 4 heterocycles. The lowest BCUT2D eigenvalue weighted by molar-refractivity contribution is -0.127. The molecule has 0 aliphatic carbocycles. The number of fused-ring (bicyclic) bond motifs is 3. The number of nitrogens with zero attached hydrogens (tertiary/aromatic N) is 2. The van der Waals surface area contributed by atoms with Crippen molar-refractivity contribution in [2.45, 2.75) is 62.9 Å². The van der Waals surface area contributed by atoms with Crippen LogP contribution in [0.25, 0.3) is 17.0 Å². The van der Waals surface area contributed by atoms with Gasteiger partial charge in [0.2, 0.25) is 5.91 Å². The maximum Gasteiger partial charge on any atom is 0.246 e. The molecular weight excluding hydrogens is 529 g/mol. The SMILES string of the molecule is COc1ccc2[nH]cc(C3C[C@H]4CC[C@@H](C3)N4CCC3CCN(C(=O)/C=C/c4ccc(Cl)c(Cl)c4)CC3)c2c1. The smallest absolute Gasteiger partial charge is 0.246 e. The minimum absolute atomic E-state index is 0.0783. The monoisotopic (exact) mass is 565 g/mol. The molecule has 1 amide bonds. The van der Waals surface area contributed by atoms with Crippen molar-refractivity contribution in [3.8, 4) is 5.75 Å². The van der Waals surface area contributed by atoms with Gasteiger partial charge in [0.1, 0.15) is 5.75 Å². The average Bonchev–Trinajstić information content (AvgIpc) is 3.48. The highest BCUT2D eigenvalue weighted by Gasteiger charge is 2.41. The number of hydrogen-bond acceptors (Lipinski definition) is 3. The van der Waals surface area contributed by atoms with Gasteiger partial charge in [0.15, 0.2) is 0 Å². The third-order valence-corrected chi connectivity index (χ3v) is 10.1. The van der Waals surface area contributed by atoms with Gasteiger partial charge in [0.05, 0.1) is 17.2 Å². The molecule has 2 aromatic carbocycles. The van der Waals surface area contributed by atoms with E-state index in [0.29, 0.717) is 34.0 Å². The number of hydrogen-bond donors (Lipinski definition) is 1. The maximum absolute atomic E-state index is 12.7. The Morgan fingerprint density at radius 3 is 2.51 bits per heavy atom. The number of halogens is 2. The Balaban J connectivity index is 0.990. The van der Waals surface area contributed by atoms with E-state index >= 15 is 0 Å².